The van der Waals surface area contributed by atoms with Crippen LogP contribution in [0.2, 0.25) is 0 Å². The van der Waals surface area contributed by atoms with Gasteiger partial charge in [0.1, 0.15) is 0 Å². The van der Waals surface area contributed by atoms with Crippen molar-refractivity contribution in [2.24, 2.45) is 5.92 Å². The van der Waals surface area contributed by atoms with E-state index in [1.807, 2.05) is 13.0 Å². The van der Waals surface area contributed by atoms with Gasteiger partial charge >= 0.3 is 0 Å². The molecule has 0 aliphatic heterocycles. The van der Waals surface area contributed by atoms with Gasteiger partial charge in [0.15, 0.2) is 0 Å². The van der Waals surface area contributed by atoms with Crippen LogP contribution < -0.4 is 10.2 Å². The van der Waals surface area contributed by atoms with Crippen molar-refractivity contribution in [3.63, 3.8) is 0 Å². The molecule has 2 amide bonds. The van der Waals surface area contributed by atoms with Gasteiger partial charge in [0.25, 0.3) is 5.91 Å². The number of nitrogens with zero attached hydrogens (tertiary/aromatic N) is 2. The fourth-order valence-corrected chi connectivity index (χ4v) is 3.07. The predicted octanol–water partition coefficient (Wildman–Crippen LogP) is 2.40. The molecule has 3 rings (SSSR count). The summed E-state index contributed by atoms with van der Waals surface area (Å²) >= 11 is 1.31. The molecule has 0 aromatic carbocycles. The van der Waals surface area contributed by atoms with E-state index >= 15 is 0 Å². The zero-order valence-corrected chi connectivity index (χ0v) is 12.7. The third kappa shape index (κ3) is 2.82. The second kappa shape index (κ2) is 5.33. The maximum atomic E-state index is 12.5. The molecule has 21 heavy (non-hydrogen) atoms. The Hall–Kier alpha value is -2.15. The number of rotatable bonds is 4. The van der Waals surface area contributed by atoms with Crippen molar-refractivity contribution in [2.45, 2.75) is 19.8 Å². The van der Waals surface area contributed by atoms with Crippen molar-refractivity contribution in [3.8, 4) is 0 Å². The number of anilines is 2. The third-order valence-electron chi connectivity index (χ3n) is 3.48. The summed E-state index contributed by atoms with van der Waals surface area (Å²) in [6.07, 6.45) is 5.18. The Bertz CT molecular complexity index is 673. The second-order valence-corrected chi connectivity index (χ2v) is 6.26. The number of nitrogens with one attached hydrogen (secondary N) is 2. The Kier molecular flexibility index (Phi) is 3.50. The van der Waals surface area contributed by atoms with Crippen molar-refractivity contribution < 1.29 is 9.59 Å². The second-order valence-electron chi connectivity index (χ2n) is 5.21. The monoisotopic (exact) mass is 304 g/mol. The highest BCUT2D eigenvalue weighted by molar-refractivity contribution is 7.18. The van der Waals surface area contributed by atoms with Crippen molar-refractivity contribution in [1.29, 1.82) is 0 Å². The van der Waals surface area contributed by atoms with Gasteiger partial charge in [-0.3, -0.25) is 14.7 Å². The van der Waals surface area contributed by atoms with Crippen LogP contribution in [-0.4, -0.2) is 29.1 Å². The van der Waals surface area contributed by atoms with E-state index in [1.165, 1.54) is 16.2 Å². The number of H-pyrrole nitrogens is 1. The molecule has 1 aliphatic carbocycles. The normalized spacial score (nSPS) is 14.0. The Labute approximate surface area is 126 Å². The molecule has 0 bridgehead atoms. The first-order valence-corrected chi connectivity index (χ1v) is 7.56. The molecule has 6 nitrogen and oxygen atoms in total. The van der Waals surface area contributed by atoms with Crippen LogP contribution in [0.3, 0.4) is 0 Å². The van der Waals surface area contributed by atoms with Crippen LogP contribution in [0.1, 0.15) is 28.1 Å². The maximum Gasteiger partial charge on any atom is 0.268 e. The average Bonchev–Trinajstić information content (AvgIpc) is 3.05. The van der Waals surface area contributed by atoms with Crippen LogP contribution in [0.5, 0.6) is 0 Å². The smallest absolute Gasteiger partial charge is 0.268 e. The summed E-state index contributed by atoms with van der Waals surface area (Å²) < 4.78 is 0. The molecule has 2 aromatic rings. The number of aryl methyl sites for hydroxylation is 1. The van der Waals surface area contributed by atoms with E-state index in [9.17, 15) is 9.59 Å². The number of carbonyl (C=O) groups is 2. The highest BCUT2D eigenvalue weighted by Gasteiger charge is 2.30. The quantitative estimate of drug-likeness (QED) is 0.910. The molecule has 1 saturated carbocycles. The van der Waals surface area contributed by atoms with Gasteiger partial charge in [-0.15, -0.1) is 11.3 Å². The van der Waals surface area contributed by atoms with Crippen LogP contribution in [-0.2, 0) is 4.79 Å². The predicted molar refractivity (Wildman–Crippen MR) is 81.7 cm³/mol. The zero-order valence-electron chi connectivity index (χ0n) is 11.8. The summed E-state index contributed by atoms with van der Waals surface area (Å²) in [5.74, 6) is 0.101. The van der Waals surface area contributed by atoms with E-state index in [1.54, 1.807) is 19.4 Å². The third-order valence-corrected chi connectivity index (χ3v) is 4.62. The first-order chi connectivity index (χ1) is 10.1. The first kappa shape index (κ1) is 13.8. The van der Waals surface area contributed by atoms with Gasteiger partial charge in [0.2, 0.25) is 5.91 Å². The Morgan fingerprint density at radius 1 is 1.48 bits per heavy atom. The number of aromatic amines is 1. The van der Waals surface area contributed by atoms with Crippen molar-refractivity contribution in [1.82, 2.24) is 10.2 Å². The van der Waals surface area contributed by atoms with Crippen molar-refractivity contribution >= 4 is 33.8 Å². The number of aromatic nitrogens is 2. The van der Waals surface area contributed by atoms with Gasteiger partial charge in [-0.2, -0.15) is 5.10 Å². The molecule has 0 atom stereocenters. The molecular formula is C14H16N4O2S. The lowest BCUT2D eigenvalue weighted by Gasteiger charge is -2.13. The van der Waals surface area contributed by atoms with E-state index < -0.39 is 0 Å². The number of hydrogen-bond donors (Lipinski definition) is 2. The largest absolute Gasteiger partial charge is 0.317 e. The van der Waals surface area contributed by atoms with E-state index in [4.69, 9.17) is 0 Å². The molecule has 0 radical (unpaired) electrons. The summed E-state index contributed by atoms with van der Waals surface area (Å²) in [5, 5.41) is 10.1. The van der Waals surface area contributed by atoms with Gasteiger partial charge in [-0.25, -0.2) is 0 Å². The van der Waals surface area contributed by atoms with Gasteiger partial charge in [0, 0.05) is 19.2 Å². The minimum Gasteiger partial charge on any atom is -0.317 e. The van der Waals surface area contributed by atoms with E-state index in [0.29, 0.717) is 10.6 Å². The molecule has 0 spiro atoms. The van der Waals surface area contributed by atoms with E-state index in [0.717, 1.165) is 23.4 Å². The van der Waals surface area contributed by atoms with Gasteiger partial charge in [0.05, 0.1) is 21.8 Å². The van der Waals surface area contributed by atoms with Crippen molar-refractivity contribution in [3.05, 3.63) is 28.9 Å². The SMILES string of the molecule is Cc1cc(NC(=O)C2CC2)sc1C(=O)N(C)c1cn[nH]c1. The minimum absolute atomic E-state index is 0.0541. The lowest BCUT2D eigenvalue weighted by Crippen LogP contribution is -2.25. The Morgan fingerprint density at radius 3 is 2.86 bits per heavy atom. The Morgan fingerprint density at radius 2 is 2.24 bits per heavy atom. The van der Waals surface area contributed by atoms with Crippen LogP contribution >= 0.6 is 11.3 Å². The fraction of sp³-hybridized carbons (Fsp3) is 0.357. The standard InChI is InChI=1S/C14H16N4O2S/c1-8-5-11(17-13(19)9-3-4-9)21-12(8)14(20)18(2)10-6-15-16-7-10/h5-7,9H,3-4H2,1-2H3,(H,15,16)(H,17,19). The lowest BCUT2D eigenvalue weighted by molar-refractivity contribution is -0.117. The lowest BCUT2D eigenvalue weighted by atomic mass is 10.2. The Balaban J connectivity index is 1.77. The number of hydrogen-bond acceptors (Lipinski definition) is 4. The highest BCUT2D eigenvalue weighted by atomic mass is 32.1. The molecule has 2 heterocycles. The number of amides is 2. The molecule has 1 aliphatic rings. The van der Waals surface area contributed by atoms with Crippen LogP contribution in [0, 0.1) is 12.8 Å². The van der Waals surface area contributed by atoms with Crippen LogP contribution in [0.4, 0.5) is 10.7 Å². The molecule has 1 fully saturated rings. The average molecular weight is 304 g/mol. The summed E-state index contributed by atoms with van der Waals surface area (Å²) in [6.45, 7) is 1.87. The van der Waals surface area contributed by atoms with Crippen LogP contribution in [0.25, 0.3) is 0 Å². The summed E-state index contributed by atoms with van der Waals surface area (Å²) in [4.78, 5) is 26.4. The fourth-order valence-electron chi connectivity index (χ4n) is 2.02. The molecule has 110 valence electrons. The molecular weight excluding hydrogens is 288 g/mol. The molecule has 2 N–H and O–H groups in total. The molecule has 0 saturated heterocycles. The molecule has 0 unspecified atom stereocenters. The summed E-state index contributed by atoms with van der Waals surface area (Å²) in [7, 11) is 1.70. The van der Waals surface area contributed by atoms with Crippen molar-refractivity contribution in [2.75, 3.05) is 17.3 Å². The van der Waals surface area contributed by atoms with Gasteiger partial charge in [-0.1, -0.05) is 0 Å². The molecule has 7 heteroatoms. The molecule has 2 aromatic heterocycles. The zero-order chi connectivity index (χ0) is 15.0. The van der Waals surface area contributed by atoms with Crippen LogP contribution in [0.15, 0.2) is 18.5 Å². The number of thiophene rings is 1. The first-order valence-electron chi connectivity index (χ1n) is 6.74. The van der Waals surface area contributed by atoms with Gasteiger partial charge in [-0.05, 0) is 31.4 Å². The minimum atomic E-state index is -0.106. The summed E-state index contributed by atoms with van der Waals surface area (Å²) in [5.41, 5.74) is 1.57. The maximum absolute atomic E-state index is 12.5. The van der Waals surface area contributed by atoms with E-state index in [2.05, 4.69) is 15.5 Å². The highest BCUT2D eigenvalue weighted by Crippen LogP contribution is 2.33. The van der Waals surface area contributed by atoms with E-state index in [-0.39, 0.29) is 17.7 Å². The topological polar surface area (TPSA) is 78.1 Å². The summed E-state index contributed by atoms with van der Waals surface area (Å²) in [6, 6.07) is 1.85. The number of carbonyl (C=O) groups excluding carboxylic acids is 2. The van der Waals surface area contributed by atoms with Gasteiger partial charge < -0.3 is 10.2 Å².